The summed E-state index contributed by atoms with van der Waals surface area (Å²) < 4.78 is 51.4. The first kappa shape index (κ1) is 37.9. The van der Waals surface area contributed by atoms with Crippen LogP contribution in [0.15, 0.2) is 9.98 Å². The van der Waals surface area contributed by atoms with Gasteiger partial charge in [0.2, 0.25) is 0 Å². The van der Waals surface area contributed by atoms with Crippen LogP contribution in [0, 0.1) is 0 Å². The molecule has 0 unspecified atom stereocenters. The third-order valence-corrected chi connectivity index (χ3v) is 2.71. The van der Waals surface area contributed by atoms with E-state index in [9.17, 15) is 9.59 Å². The molecule has 0 aromatic rings. The molecule has 0 bridgehead atoms. The van der Waals surface area contributed by atoms with Gasteiger partial charge in [0, 0.05) is 25.9 Å². The van der Waals surface area contributed by atoms with Crippen LogP contribution in [0.1, 0.15) is 25.7 Å². The van der Waals surface area contributed by atoms with Crippen LogP contribution in [0.3, 0.4) is 0 Å². The lowest BCUT2D eigenvalue weighted by Crippen LogP contribution is -4.05. The third kappa shape index (κ3) is 51.3. The normalized spacial score (nSPS) is 11.3. The van der Waals surface area contributed by atoms with Crippen molar-refractivity contribution in [3.8, 4) is 0 Å². The van der Waals surface area contributed by atoms with E-state index in [1.54, 1.807) is 0 Å². The summed E-state index contributed by atoms with van der Waals surface area (Å²) in [5, 5.41) is 16.9. The van der Waals surface area contributed by atoms with Crippen molar-refractivity contribution in [3.63, 3.8) is 0 Å². The van der Waals surface area contributed by atoms with E-state index < -0.39 is 66.2 Å². The first-order valence-corrected chi connectivity index (χ1v) is 13.5. The molecule has 0 radical (unpaired) electrons. The number of nitrogens with zero attached hydrogens (tertiary/aromatic N) is 2. The molecule has 0 aromatic heterocycles. The monoisotopic (exact) mass is 700 g/mol. The van der Waals surface area contributed by atoms with E-state index in [1.165, 1.54) is 0 Å². The molecule has 0 aliphatic rings. The third-order valence-electron chi connectivity index (χ3n) is 2.71. The van der Waals surface area contributed by atoms with Crippen molar-refractivity contribution in [1.82, 2.24) is 0 Å². The van der Waals surface area contributed by atoms with Gasteiger partial charge in [-0.25, -0.2) is 9.59 Å². The molecule has 0 aromatic carbocycles. The number of hydrogen-bond acceptors (Lipinski definition) is 10. The highest BCUT2D eigenvalue weighted by Gasteiger charge is 2.14. The average Bonchev–Trinajstić information content (AvgIpc) is 2.61. The summed E-state index contributed by atoms with van der Waals surface area (Å²) >= 11 is -8.03. The van der Waals surface area contributed by atoms with Crippen molar-refractivity contribution < 1.29 is 94.0 Å². The Balaban J connectivity index is -0.000000184. The lowest BCUT2D eigenvalue weighted by Gasteiger charge is -2.00. The minimum atomic E-state index is -4.01. The molecule has 192 valence electrons. The van der Waals surface area contributed by atoms with Crippen molar-refractivity contribution in [3.05, 3.63) is 0 Å². The summed E-state index contributed by atoms with van der Waals surface area (Å²) in [6, 6.07) is -1.14. The number of rotatable bonds is 10. The number of aliphatic carboxylic acids is 2. The van der Waals surface area contributed by atoms with Crippen LogP contribution in [0.5, 0.6) is 0 Å². The fourth-order valence-corrected chi connectivity index (χ4v) is 1.34. The average molecular weight is 700 g/mol. The molecule has 0 saturated heterocycles. The Hall–Kier alpha value is -1.38. The van der Waals surface area contributed by atoms with E-state index in [2.05, 4.69) is 21.5 Å². The second kappa shape index (κ2) is 25.9. The number of guanidine groups is 2. The number of aliphatic imine (C=N–C) groups is 2. The predicted molar refractivity (Wildman–Crippen MR) is 88.4 cm³/mol. The molecule has 0 heterocycles. The Morgan fingerprint density at radius 3 is 1.09 bits per heavy atom. The Kier molecular flexibility index (Phi) is 30.7. The molecule has 32 heavy (non-hydrogen) atoms. The summed E-state index contributed by atoms with van der Waals surface area (Å²) in [6.07, 6.45) is 2.26. The van der Waals surface area contributed by atoms with Crippen LogP contribution in [0.25, 0.3) is 0 Å². The molecular weight excluding hydrogens is 670 g/mol. The van der Waals surface area contributed by atoms with Gasteiger partial charge in [-0.3, -0.25) is 9.98 Å². The number of carbonyl (C=O) groups is 2. The van der Waals surface area contributed by atoms with Crippen molar-refractivity contribution in [2.24, 2.45) is 32.9 Å². The first-order chi connectivity index (χ1) is 14.5. The molecule has 0 spiro atoms. The maximum Gasteiger partial charge on any atom is 0.362 e. The summed E-state index contributed by atoms with van der Waals surface area (Å²) in [4.78, 5) is 28.0. The summed E-state index contributed by atoms with van der Waals surface area (Å²) in [7, 11) is 0. The van der Waals surface area contributed by atoms with Gasteiger partial charge < -0.3 is 65.2 Å². The molecule has 2 atom stereocenters. The molecule has 0 aliphatic carbocycles. The Morgan fingerprint density at radius 1 is 0.719 bits per heavy atom. The van der Waals surface area contributed by atoms with Gasteiger partial charge in [-0.2, -0.15) is 0 Å². The number of carboxylic acids is 2. The van der Waals surface area contributed by atoms with Crippen LogP contribution in [0.4, 0.5) is 0 Å². The van der Waals surface area contributed by atoms with E-state index in [0.717, 1.165) is 0 Å². The van der Waals surface area contributed by atoms with E-state index >= 15 is 0 Å². The SMILES string of the molecule is NC(N)=NCCC[C@H]([NH3+])C(=O)O.NC(N)=NCCC[C@H]([NH3+])C(=O)O.[O-][I+2]([O-])[O-].[O-][I+2]([O-])[O-]. The van der Waals surface area contributed by atoms with Gasteiger partial charge in [-0.05, 0) is 12.8 Å². The zero-order chi connectivity index (χ0) is 26.3. The number of nitrogens with two attached hydrogens (primary N) is 4. The maximum absolute atomic E-state index is 10.3. The molecule has 0 rings (SSSR count). The largest absolute Gasteiger partial charge is 0.477 e. The van der Waals surface area contributed by atoms with Crippen molar-refractivity contribution in [2.45, 2.75) is 37.8 Å². The van der Waals surface area contributed by atoms with Crippen LogP contribution in [-0.2, 0) is 9.59 Å². The Morgan fingerprint density at radius 2 is 0.938 bits per heavy atom. The van der Waals surface area contributed by atoms with Crippen molar-refractivity contribution in [1.29, 1.82) is 0 Å². The topological polar surface area (TPSA) is 397 Å². The molecule has 16 N–H and O–H groups in total. The van der Waals surface area contributed by atoms with Crippen LogP contribution >= 0.6 is 0 Å². The molecule has 20 heteroatoms. The van der Waals surface area contributed by atoms with Crippen LogP contribution in [-0.4, -0.2) is 59.2 Å². The zero-order valence-electron chi connectivity index (χ0n) is 16.9. The fraction of sp³-hybridized carbons (Fsp3) is 0.667. The molecule has 0 amide bonds. The molecular formula is C12H30I2N8O10. The van der Waals surface area contributed by atoms with Crippen LogP contribution in [0.2, 0.25) is 0 Å². The number of hydrogen-bond donors (Lipinski definition) is 8. The van der Waals surface area contributed by atoms with Crippen molar-refractivity contribution >= 4 is 23.9 Å². The highest BCUT2D eigenvalue weighted by molar-refractivity contribution is 5.76. The van der Waals surface area contributed by atoms with Gasteiger partial charge in [0.15, 0.2) is 24.0 Å². The fourth-order valence-electron chi connectivity index (χ4n) is 1.34. The van der Waals surface area contributed by atoms with Gasteiger partial charge >= 0.3 is 11.9 Å². The van der Waals surface area contributed by atoms with Gasteiger partial charge in [0.25, 0.3) is 42.1 Å². The maximum atomic E-state index is 10.3. The lowest BCUT2D eigenvalue weighted by atomic mass is 10.2. The predicted octanol–water partition coefficient (Wildman–Crippen LogP) is -17.7. The van der Waals surface area contributed by atoms with Gasteiger partial charge in [-0.1, -0.05) is 0 Å². The number of halogens is 2. The quantitative estimate of drug-likeness (QED) is 0.0454. The van der Waals surface area contributed by atoms with E-state index in [-0.39, 0.29) is 11.9 Å². The summed E-state index contributed by atoms with van der Waals surface area (Å²) in [5.74, 6) is -1.71. The first-order valence-electron chi connectivity index (χ1n) is 8.23. The Bertz CT molecular complexity index is 482. The smallest absolute Gasteiger partial charge is 0.362 e. The van der Waals surface area contributed by atoms with E-state index in [4.69, 9.17) is 53.8 Å². The minimum absolute atomic E-state index is 0.0333. The standard InChI is InChI=1S/2C6H14N4O2.2IO3/c2*7-4(5(11)12)2-1-3-10-6(8)9;2*2-1(3)4/h2*4H,1-3,7H2,(H,11,12)(H4,8,9,10);;/q;;2*-1/p+2/t2*4-;;/m00../s1. The second-order valence-electron chi connectivity index (χ2n) is 5.35. The number of carboxylic acid groups (broad SMARTS) is 2. The number of quaternary nitrogens is 2. The highest BCUT2D eigenvalue weighted by atomic mass is 127. The summed E-state index contributed by atoms with van der Waals surface area (Å²) in [6.45, 7) is 0.920. The molecule has 18 nitrogen and oxygen atoms in total. The van der Waals surface area contributed by atoms with Gasteiger partial charge in [-0.15, -0.1) is 0 Å². The summed E-state index contributed by atoms with van der Waals surface area (Å²) in [5.41, 5.74) is 27.1. The highest BCUT2D eigenvalue weighted by Crippen LogP contribution is 1.93. The molecule has 0 aliphatic heterocycles. The second-order valence-corrected chi connectivity index (χ2v) is 7.50. The Labute approximate surface area is 201 Å². The molecule has 0 saturated carbocycles. The minimum Gasteiger partial charge on any atom is -0.477 e. The van der Waals surface area contributed by atoms with Gasteiger partial charge in [0.1, 0.15) is 0 Å². The van der Waals surface area contributed by atoms with Crippen LogP contribution < -0.4 is 97.1 Å². The van der Waals surface area contributed by atoms with Gasteiger partial charge in [0.05, 0.1) is 0 Å². The van der Waals surface area contributed by atoms with E-state index in [1.807, 2.05) is 0 Å². The lowest BCUT2D eigenvalue weighted by molar-refractivity contribution is -1.73. The van der Waals surface area contributed by atoms with Crippen molar-refractivity contribution in [2.75, 3.05) is 13.1 Å². The molecule has 0 fully saturated rings. The van der Waals surface area contributed by atoms with E-state index in [0.29, 0.717) is 38.8 Å². The zero-order valence-corrected chi connectivity index (χ0v) is 21.2.